The first-order chi connectivity index (χ1) is 49.6. The molecule has 105 heavy (non-hydrogen) atoms. The van der Waals surface area contributed by atoms with Crippen molar-refractivity contribution in [3.63, 3.8) is 0 Å². The molecule has 562 valence electrons. The fourth-order valence-corrected chi connectivity index (χ4v) is 25.0. The monoisotopic (exact) mass is 1410 g/mol. The predicted octanol–water partition coefficient (Wildman–Crippen LogP) is 17.6. The van der Waals surface area contributed by atoms with Gasteiger partial charge in [-0.2, -0.15) is 0 Å². The molecule has 17 rings (SSSR count). The maximum absolute atomic E-state index is 5.57. The Morgan fingerprint density at radius 1 is 0.219 bits per heavy atom. The van der Waals surface area contributed by atoms with Crippen LogP contribution in [0.25, 0.3) is 45.1 Å². The topological polar surface area (TPSA) is 136 Å². The summed E-state index contributed by atoms with van der Waals surface area (Å²) in [5, 5.41) is 22.4. The largest absolute Gasteiger partial charge is 0.353 e. The number of rotatable bonds is 0. The normalized spacial score (nSPS) is 37.8. The maximum atomic E-state index is 5.57. The summed E-state index contributed by atoms with van der Waals surface area (Å²) >= 11 is 0. The third kappa shape index (κ3) is 10.4. The van der Waals surface area contributed by atoms with Crippen molar-refractivity contribution in [1.29, 1.82) is 0 Å². The lowest BCUT2D eigenvalue weighted by atomic mass is 9.77. The zero-order chi connectivity index (χ0) is 75.2. The second-order valence-electron chi connectivity index (χ2n) is 38.1. The fourth-order valence-electron chi connectivity index (χ4n) is 25.0. The van der Waals surface area contributed by atoms with Crippen molar-refractivity contribution in [3.05, 3.63) is 144 Å². The lowest BCUT2D eigenvalue weighted by Crippen LogP contribution is -2.52. The van der Waals surface area contributed by atoms with E-state index in [9.17, 15) is 0 Å². The zero-order valence-corrected chi connectivity index (χ0v) is 70.3. The summed E-state index contributed by atoms with van der Waals surface area (Å²) < 4.78 is 0. The number of aromatic amines is 4. The number of nitrogens with zero attached hydrogens (tertiary/aromatic N) is 2. The van der Waals surface area contributed by atoms with Crippen molar-refractivity contribution >= 4 is 45.1 Å². The Balaban J connectivity index is 0.000000175. The van der Waals surface area contributed by atoms with Gasteiger partial charge in [-0.25, -0.2) is 9.98 Å². The van der Waals surface area contributed by atoms with Gasteiger partial charge in [0, 0.05) is 89.7 Å². The summed E-state index contributed by atoms with van der Waals surface area (Å²) in [6.45, 7) is 72.3. The van der Waals surface area contributed by atoms with E-state index in [1.54, 1.807) is 0 Å². The van der Waals surface area contributed by atoms with Gasteiger partial charge in [-0.3, -0.25) is 0 Å². The minimum atomic E-state index is 0.601. The number of allylic oxidation sites excluding steroid dienone is 12. The van der Waals surface area contributed by atoms with Crippen LogP contribution in [0.5, 0.6) is 0 Å². The summed E-state index contributed by atoms with van der Waals surface area (Å²) in [5.41, 5.74) is 40.9. The van der Waals surface area contributed by atoms with Crippen LogP contribution in [0.15, 0.2) is 76.9 Å². The van der Waals surface area contributed by atoms with Crippen LogP contribution >= 0.6 is 0 Å². The Hall–Kier alpha value is -6.04. The molecule has 5 aliphatic carbocycles. The SMILES string of the molecule is CC1=C(C)C2=c3[nH]c(c(C)c3C)=C3CC(=c4[nH]c(c(C)c4C)=C4N=C(C(C)=C4C)C4=C(C)C(C)=C(C4)c4[nH]c(c(C)c4C)-c4[nH]c(c(C)c4C)C4=C(C)C(C)=C(C4)C1=N2)C(C)=C3C.CC1C(C)C2CC1C1NC(C(C)C1C)C1NC(C(C)C1C)C1CC(C(C)C1C)C1NC(C(C)C1C)C1NC2C(C)C1C. The van der Waals surface area contributed by atoms with Crippen LogP contribution in [-0.2, 0) is 0 Å². The standard InChI is InChI=1S/C57H64N6.C38H68N4/c1-22-23(2)41-19-40(22)46-28(7)34(13)52(58-46)53-36(15)30(9)48(60-53)42-20-44(25(4)24(42)3)50-32(11)38(17)56(62-50)57-39(18)33(12)51(63-57)45-21-43(26(5)27(45)6)49-31(10)37(16)55(61-49)54-35(14)29(8)47(41)59-54;1-15-16(2)28-13-27(15)31-19(5)23(9)35(39-31)36-25(11)21(7)33(41-36)29-14-30(18(4)17(29)3)34-22(8)26(12)38(42-34)37-24(10)20(6)32(28)40-37/h58-59,62-63H,19-21H2,1-18H3;15-42H,13-14H2,1-12H3. The number of aliphatic imine (C=N–C) groups is 2. The van der Waals surface area contributed by atoms with E-state index in [1.165, 1.54) is 180 Å². The molecule has 30 bridgehead atoms. The van der Waals surface area contributed by atoms with Crippen molar-refractivity contribution in [2.75, 3.05) is 0 Å². The Bertz CT molecular complexity index is 4500. The van der Waals surface area contributed by atoms with E-state index in [0.717, 1.165) is 147 Å². The molecule has 13 aliphatic rings. The number of aromatic nitrogens is 4. The van der Waals surface area contributed by atoms with E-state index in [4.69, 9.17) is 9.98 Å². The average molecular weight is 1410 g/mol. The van der Waals surface area contributed by atoms with E-state index in [1.807, 2.05) is 0 Å². The van der Waals surface area contributed by atoms with E-state index >= 15 is 0 Å². The third-order valence-electron chi connectivity index (χ3n) is 34.7. The Labute approximate surface area is 631 Å². The Morgan fingerprint density at radius 3 is 0.762 bits per heavy atom. The Kier molecular flexibility index (Phi) is 18.0. The maximum Gasteiger partial charge on any atom is 0.0907 e. The van der Waals surface area contributed by atoms with Crippen LogP contribution in [0.1, 0.15) is 240 Å². The second-order valence-corrected chi connectivity index (χ2v) is 38.1. The molecule has 0 aromatic carbocycles. The van der Waals surface area contributed by atoms with Gasteiger partial charge in [0.2, 0.25) is 0 Å². The number of hydrogen-bond acceptors (Lipinski definition) is 6. The second kappa shape index (κ2) is 25.8. The van der Waals surface area contributed by atoms with Crippen LogP contribution in [0, 0.1) is 150 Å². The third-order valence-corrected chi connectivity index (χ3v) is 34.7. The van der Waals surface area contributed by atoms with Crippen molar-refractivity contribution in [2.45, 2.75) is 288 Å². The van der Waals surface area contributed by atoms with Crippen LogP contribution in [0.4, 0.5) is 0 Å². The van der Waals surface area contributed by atoms with Crippen LogP contribution in [0.2, 0.25) is 0 Å². The number of nitrogens with one attached hydrogen (secondary N) is 8. The number of hydrogen-bond donors (Lipinski definition) is 8. The molecule has 2 saturated carbocycles. The van der Waals surface area contributed by atoms with E-state index in [-0.39, 0.29) is 0 Å². The van der Waals surface area contributed by atoms with E-state index in [2.05, 4.69) is 249 Å². The molecule has 10 nitrogen and oxygen atoms in total. The first-order valence-corrected chi connectivity index (χ1v) is 41.9. The molecule has 8 N–H and O–H groups in total. The summed E-state index contributed by atoms with van der Waals surface area (Å²) in [6, 6.07) is 5.04. The highest BCUT2D eigenvalue weighted by molar-refractivity contribution is 6.22. The van der Waals surface area contributed by atoms with Gasteiger partial charge in [-0.1, -0.05) is 83.1 Å². The van der Waals surface area contributed by atoms with E-state index < -0.39 is 0 Å². The molecular weight excluding hydrogens is 1280 g/mol. The summed E-state index contributed by atoms with van der Waals surface area (Å²) in [4.78, 5) is 27.2. The molecule has 0 amide bonds. The molecule has 10 heteroatoms. The Morgan fingerprint density at radius 2 is 0.467 bits per heavy atom. The van der Waals surface area contributed by atoms with Gasteiger partial charge >= 0.3 is 0 Å². The molecule has 8 aliphatic heterocycles. The van der Waals surface area contributed by atoms with Gasteiger partial charge in [0.1, 0.15) is 0 Å². The minimum absolute atomic E-state index is 0.601. The predicted molar refractivity (Wildman–Crippen MR) is 443 cm³/mol. The molecule has 4 aromatic rings. The van der Waals surface area contributed by atoms with Gasteiger partial charge in [0.25, 0.3) is 0 Å². The summed E-state index contributed by atoms with van der Waals surface area (Å²) in [6.07, 6.45) is 5.39. The molecule has 7 fully saturated rings. The molecule has 4 aromatic heterocycles. The first kappa shape index (κ1) is 73.1. The lowest BCUT2D eigenvalue weighted by Gasteiger charge is -2.31. The molecule has 24 unspecified atom stereocenters. The molecular formula is C95H132N10. The molecule has 24 atom stereocenters. The summed E-state index contributed by atoms with van der Waals surface area (Å²) in [7, 11) is 0. The van der Waals surface area contributed by atoms with Crippen LogP contribution in [0.3, 0.4) is 0 Å². The van der Waals surface area contributed by atoms with Crippen molar-refractivity contribution in [1.82, 2.24) is 41.2 Å². The zero-order valence-electron chi connectivity index (χ0n) is 70.3. The molecule has 5 saturated heterocycles. The fraction of sp³-hybridized carbons (Fsp3) is 0.621. The van der Waals surface area contributed by atoms with Crippen LogP contribution in [-0.4, -0.2) is 79.7 Å². The quantitative estimate of drug-likeness (QED) is 0.0889. The van der Waals surface area contributed by atoms with Crippen molar-refractivity contribution in [2.24, 2.45) is 105 Å². The molecule has 0 spiro atoms. The number of H-pyrrole nitrogens is 4. The highest BCUT2D eigenvalue weighted by Gasteiger charge is 2.60. The summed E-state index contributed by atoms with van der Waals surface area (Å²) in [5.74, 6) is 12.2. The first-order valence-electron chi connectivity index (χ1n) is 41.9. The lowest BCUT2D eigenvalue weighted by molar-refractivity contribution is 0.234. The van der Waals surface area contributed by atoms with E-state index in [0.29, 0.717) is 48.3 Å². The van der Waals surface area contributed by atoms with Gasteiger partial charge < -0.3 is 41.2 Å². The van der Waals surface area contributed by atoms with Gasteiger partial charge in [-0.15, -0.1) is 0 Å². The van der Waals surface area contributed by atoms with Crippen molar-refractivity contribution < 1.29 is 0 Å². The highest BCUT2D eigenvalue weighted by atomic mass is 15.2. The van der Waals surface area contributed by atoms with Gasteiger partial charge in [-0.05, 0) is 366 Å². The average Bonchev–Trinajstić information content (AvgIpc) is 1.59. The number of fused-ring (bicyclic) bond motifs is 39. The smallest absolute Gasteiger partial charge is 0.0907 e. The highest BCUT2D eigenvalue weighted by Crippen LogP contribution is 2.57. The molecule has 0 radical (unpaired) electrons. The van der Waals surface area contributed by atoms with Gasteiger partial charge in [0.15, 0.2) is 0 Å². The molecule has 12 heterocycles. The minimum Gasteiger partial charge on any atom is -0.353 e. The van der Waals surface area contributed by atoms with Crippen LogP contribution < -0.4 is 42.7 Å². The van der Waals surface area contributed by atoms with Gasteiger partial charge in [0.05, 0.1) is 44.9 Å². The van der Waals surface area contributed by atoms with Crippen molar-refractivity contribution in [3.8, 4) is 11.4 Å².